The number of hydrogen-bond acceptors (Lipinski definition) is 24. The molecule has 0 N–H and O–H groups in total. The molecule has 0 aromatic carbocycles. The maximum Gasteiger partial charge on any atom is 0.221 e. The lowest BCUT2D eigenvalue weighted by molar-refractivity contribution is -0.182. The molecule has 14 heterocycles. The maximum atomic E-state index is 7.16. The minimum absolute atomic E-state index is 0.215. The van der Waals surface area contributed by atoms with Crippen molar-refractivity contribution in [3.63, 3.8) is 0 Å². The SMILES string of the molecule is CN1CCCN(CC2C=CC=C2)P12=NP(N1CCC3(CC1)OCCO3)(N1CCC3(CC1)OCCO3)=NP(N1CCC3(CC1)OCCO3)(N1CCC3(CC1)OCCO3)=NP(N1CCC3(CC1)OCCO3)(N1CCC3(CC1)OCCO3)=N2. The highest BCUT2D eigenvalue weighted by molar-refractivity contribution is 7.83. The summed E-state index contributed by atoms with van der Waals surface area (Å²) in [7, 11) is -10.8. The zero-order valence-electron chi connectivity index (χ0n) is 47.2. The van der Waals surface area contributed by atoms with Gasteiger partial charge in [-0.25, -0.2) is 37.4 Å². The van der Waals surface area contributed by atoms with Crippen LogP contribution < -0.4 is 0 Å². The molecule has 0 aromatic rings. The van der Waals surface area contributed by atoms with Crippen LogP contribution >= 0.6 is 30.0 Å². The first kappa shape index (κ1) is 56.1. The first-order chi connectivity index (χ1) is 39.0. The molecule has 15 aliphatic rings. The van der Waals surface area contributed by atoms with E-state index in [1.54, 1.807) is 0 Å². The van der Waals surface area contributed by atoms with Gasteiger partial charge >= 0.3 is 0 Å². The Bertz CT molecular complexity index is 2340. The number of piperidine rings is 6. The van der Waals surface area contributed by atoms with E-state index < -0.39 is 64.7 Å². The van der Waals surface area contributed by atoms with Gasteiger partial charge in [0.2, 0.25) is 30.0 Å². The second-order valence-electron chi connectivity index (χ2n) is 24.5. The van der Waals surface area contributed by atoms with Gasteiger partial charge in [-0.05, 0) is 13.5 Å². The smallest absolute Gasteiger partial charge is 0.221 e. The highest BCUT2D eigenvalue weighted by Gasteiger charge is 2.59. The lowest BCUT2D eigenvalue weighted by Gasteiger charge is -2.57. The zero-order valence-corrected chi connectivity index (χ0v) is 50.8. The molecule has 0 aromatic heterocycles. The summed E-state index contributed by atoms with van der Waals surface area (Å²) in [5.41, 5.74) is 0. The Morgan fingerprint density at radius 1 is 0.325 bits per heavy atom. The Labute approximate surface area is 473 Å². The molecule has 24 nitrogen and oxygen atoms in total. The van der Waals surface area contributed by atoms with Gasteiger partial charge in [0, 0.05) is 181 Å². The van der Waals surface area contributed by atoms with E-state index in [9.17, 15) is 0 Å². The van der Waals surface area contributed by atoms with E-state index in [0.717, 1.165) is 77.4 Å². The van der Waals surface area contributed by atoms with Gasteiger partial charge in [-0.15, -0.1) is 0 Å². The second kappa shape index (κ2) is 22.0. The molecule has 80 heavy (non-hydrogen) atoms. The van der Waals surface area contributed by atoms with E-state index in [-0.39, 0.29) is 5.92 Å². The predicted molar refractivity (Wildman–Crippen MR) is 301 cm³/mol. The zero-order chi connectivity index (χ0) is 53.6. The van der Waals surface area contributed by atoms with Crippen LogP contribution in [-0.2, 0) is 56.8 Å². The van der Waals surface area contributed by atoms with Gasteiger partial charge in [-0.3, -0.25) is 0 Å². The van der Waals surface area contributed by atoms with E-state index in [1.165, 1.54) is 0 Å². The molecular formula is C52H88N12O12P4. The van der Waals surface area contributed by atoms with Gasteiger partial charge in [0.1, 0.15) is 0 Å². The summed E-state index contributed by atoms with van der Waals surface area (Å²) in [5.74, 6) is -3.52. The standard InChI is InChI=1S/C52H88N12O12P4/c1-57-19-4-20-64(45-46-5-2-3-6-46)77(57)53-78(58-21-7-47(8-22-58)65-33-34-66-47,59-23-9-48(10-24-59)67-35-36-68-48)55-80(62-29-15-51(16-30-62)73-41-42-74-51,63-31-17-52(18-32-63)75-43-44-76-52)56-79(54-77,60-25-11-49(12-26-60)69-37-38-70-49)61-27-13-50(14-28-61)71-39-40-72-50/h2-3,5-6,46H,4,7-45H2,1H3. The maximum absolute atomic E-state index is 7.16. The third-order valence-corrected chi connectivity index (χ3v) is 37.0. The van der Waals surface area contributed by atoms with E-state index in [0.29, 0.717) is 184 Å². The van der Waals surface area contributed by atoms with Crippen molar-refractivity contribution in [2.75, 3.05) is 185 Å². The van der Waals surface area contributed by atoms with Crippen LogP contribution in [0.2, 0.25) is 0 Å². The van der Waals surface area contributed by atoms with Crippen molar-refractivity contribution >= 4 is 30.0 Å². The molecule has 14 aliphatic heterocycles. The Morgan fingerprint density at radius 3 is 0.800 bits per heavy atom. The van der Waals surface area contributed by atoms with Crippen molar-refractivity contribution < 1.29 is 56.8 Å². The highest BCUT2D eigenvalue weighted by Crippen LogP contribution is 2.85. The van der Waals surface area contributed by atoms with Gasteiger partial charge in [-0.1, -0.05) is 24.3 Å². The van der Waals surface area contributed by atoms with Crippen LogP contribution in [0.3, 0.4) is 0 Å². The van der Waals surface area contributed by atoms with Crippen LogP contribution in [-0.4, -0.2) is 257 Å². The molecule has 15 rings (SSSR count). The van der Waals surface area contributed by atoms with Gasteiger partial charge in [0.25, 0.3) is 0 Å². The Hall–Kier alpha value is -0.400. The van der Waals surface area contributed by atoms with Crippen molar-refractivity contribution in [3.05, 3.63) is 24.3 Å². The molecule has 7 spiro atoms. The third kappa shape index (κ3) is 9.89. The molecule has 1 unspecified atom stereocenters. The molecule has 0 radical (unpaired) electrons. The van der Waals surface area contributed by atoms with Gasteiger partial charge in [-0.2, -0.15) is 18.1 Å². The van der Waals surface area contributed by atoms with Crippen LogP contribution in [0, 0.1) is 5.92 Å². The highest BCUT2D eigenvalue weighted by atomic mass is 31.3. The molecule has 28 heteroatoms. The van der Waals surface area contributed by atoms with Crippen molar-refractivity contribution in [1.29, 1.82) is 0 Å². The normalized spacial score (nSPS) is 36.4. The summed E-state index contributed by atoms with van der Waals surface area (Å²) in [6.07, 6.45) is 18.8. The molecule has 1 aliphatic carbocycles. The fourth-order valence-corrected chi connectivity index (χ4v) is 37.1. The molecule has 0 bridgehead atoms. The second-order valence-corrected chi connectivity index (χ2v) is 36.3. The number of ether oxygens (including phenoxy) is 12. The first-order valence-corrected chi connectivity index (χ1v) is 37.0. The van der Waals surface area contributed by atoms with E-state index in [4.69, 9.17) is 74.9 Å². The molecular weight excluding hydrogens is 1110 g/mol. The van der Waals surface area contributed by atoms with E-state index in [1.807, 2.05) is 0 Å². The fraction of sp³-hybridized carbons (Fsp3) is 0.923. The van der Waals surface area contributed by atoms with E-state index in [2.05, 4.69) is 68.7 Å². The van der Waals surface area contributed by atoms with Crippen LogP contribution in [0.15, 0.2) is 42.4 Å². The van der Waals surface area contributed by atoms with Crippen molar-refractivity contribution in [2.24, 2.45) is 24.0 Å². The first-order valence-electron chi connectivity index (χ1n) is 30.6. The molecule has 13 saturated heterocycles. The summed E-state index contributed by atoms with van der Waals surface area (Å²) >= 11 is 0. The molecule has 13 fully saturated rings. The quantitative estimate of drug-likeness (QED) is 0.222. The lowest BCUT2D eigenvalue weighted by atomic mass is 10.1. The number of rotatable bonds is 8. The average molecular weight is 1200 g/mol. The predicted octanol–water partition coefficient (Wildman–Crippen LogP) is 7.20. The third-order valence-electron chi connectivity index (χ3n) is 20.1. The van der Waals surface area contributed by atoms with Gasteiger partial charge in [0.05, 0.1) is 79.3 Å². The van der Waals surface area contributed by atoms with Crippen LogP contribution in [0.25, 0.3) is 0 Å². The summed E-state index contributed by atoms with van der Waals surface area (Å²) in [6.45, 7) is 18.4. The largest absolute Gasteiger partial charge is 0.347 e. The minimum atomic E-state index is -3.36. The Morgan fingerprint density at radius 2 is 0.550 bits per heavy atom. The number of nitrogens with zero attached hydrogens (tertiary/aromatic N) is 12. The van der Waals surface area contributed by atoms with Crippen LogP contribution in [0.5, 0.6) is 0 Å². The van der Waals surface area contributed by atoms with Crippen molar-refractivity contribution in [3.8, 4) is 0 Å². The topological polar surface area (TPSA) is 186 Å². The lowest BCUT2D eigenvalue weighted by Crippen LogP contribution is -2.51. The Kier molecular flexibility index (Phi) is 15.5. The molecule has 1 atom stereocenters. The number of hydrogen-bond donors (Lipinski definition) is 0. The van der Waals surface area contributed by atoms with Crippen molar-refractivity contribution in [1.82, 2.24) is 37.4 Å². The minimum Gasteiger partial charge on any atom is -0.347 e. The summed E-state index contributed by atoms with van der Waals surface area (Å²) in [6, 6.07) is 0. The molecule has 0 amide bonds. The number of allylic oxidation sites excluding steroid dienone is 2. The Balaban J connectivity index is 1.02. The fourth-order valence-electron chi connectivity index (χ4n) is 15.5. The summed E-state index contributed by atoms with van der Waals surface area (Å²) < 4.78 is 129. The average Bonchev–Trinajstić information content (AvgIpc) is 2.63. The van der Waals surface area contributed by atoms with E-state index >= 15 is 0 Å². The van der Waals surface area contributed by atoms with Crippen LogP contribution in [0.4, 0.5) is 0 Å². The molecule has 448 valence electrons. The monoisotopic (exact) mass is 1200 g/mol. The summed E-state index contributed by atoms with van der Waals surface area (Å²) in [5, 5.41) is 0. The molecule has 0 saturated carbocycles. The van der Waals surface area contributed by atoms with Crippen LogP contribution in [0.1, 0.15) is 83.5 Å². The van der Waals surface area contributed by atoms with Gasteiger partial charge in [0.15, 0.2) is 34.7 Å². The van der Waals surface area contributed by atoms with Crippen molar-refractivity contribution in [2.45, 2.75) is 118 Å². The van der Waals surface area contributed by atoms with Gasteiger partial charge < -0.3 is 56.8 Å². The summed E-state index contributed by atoms with van der Waals surface area (Å²) in [4.78, 5) is 0.